The van der Waals surface area contributed by atoms with Crippen molar-refractivity contribution in [1.29, 1.82) is 0 Å². The first-order chi connectivity index (χ1) is 6.61. The minimum absolute atomic E-state index is 0.104. The standard InChI is InChI=1S/C7H13Cl2NO2S2/c1-13-4-14-3-5(2-11)10-7(12)6(8)9/h5-6,11H,2-4H2,1H3,(H,10,12)/t5-/m0/s1. The number of thioether (sulfide) groups is 2. The second-order valence-corrected chi connectivity index (χ2v) is 5.82. The molecule has 0 rings (SSSR count). The molecule has 14 heavy (non-hydrogen) atoms. The van der Waals surface area contributed by atoms with Crippen LogP contribution in [0.2, 0.25) is 0 Å². The van der Waals surface area contributed by atoms with Gasteiger partial charge in [-0.1, -0.05) is 23.2 Å². The first-order valence-electron chi connectivity index (χ1n) is 3.87. The molecule has 0 radical (unpaired) electrons. The van der Waals surface area contributed by atoms with Gasteiger partial charge in [0.05, 0.1) is 12.6 Å². The van der Waals surface area contributed by atoms with Crippen molar-refractivity contribution in [3.05, 3.63) is 0 Å². The van der Waals surface area contributed by atoms with Crippen molar-refractivity contribution in [2.45, 2.75) is 10.9 Å². The molecule has 0 bridgehead atoms. The highest BCUT2D eigenvalue weighted by Gasteiger charge is 2.16. The molecule has 0 heterocycles. The Bertz CT molecular complexity index is 172. The average molecular weight is 278 g/mol. The Labute approximate surface area is 102 Å². The summed E-state index contributed by atoms with van der Waals surface area (Å²) in [6.07, 6.45) is 1.99. The van der Waals surface area contributed by atoms with Gasteiger partial charge in [0.25, 0.3) is 5.91 Å². The topological polar surface area (TPSA) is 49.3 Å². The lowest BCUT2D eigenvalue weighted by Gasteiger charge is -2.15. The number of halogens is 2. The Balaban J connectivity index is 3.73. The second-order valence-electron chi connectivity index (χ2n) is 2.47. The molecule has 84 valence electrons. The average Bonchev–Trinajstić information content (AvgIpc) is 2.16. The first kappa shape index (κ1) is 14.7. The van der Waals surface area contributed by atoms with E-state index in [2.05, 4.69) is 5.32 Å². The molecule has 2 N–H and O–H groups in total. The van der Waals surface area contributed by atoms with Gasteiger partial charge in [0.2, 0.25) is 0 Å². The fourth-order valence-corrected chi connectivity index (χ4v) is 2.33. The third-order valence-electron chi connectivity index (χ3n) is 1.29. The number of carbonyl (C=O) groups excluding carboxylic acids is 1. The minimum atomic E-state index is -1.07. The molecule has 0 saturated heterocycles. The molecule has 0 fully saturated rings. The van der Waals surface area contributed by atoms with E-state index < -0.39 is 10.7 Å². The third kappa shape index (κ3) is 7.06. The fourth-order valence-electron chi connectivity index (χ4n) is 0.678. The number of rotatable bonds is 7. The van der Waals surface area contributed by atoms with Crippen LogP contribution in [0.4, 0.5) is 0 Å². The summed E-state index contributed by atoms with van der Waals surface area (Å²) in [4.78, 5) is 9.97. The molecule has 7 heteroatoms. The van der Waals surface area contributed by atoms with E-state index >= 15 is 0 Å². The first-order valence-corrected chi connectivity index (χ1v) is 7.30. The maximum absolute atomic E-state index is 11.0. The van der Waals surface area contributed by atoms with Crippen molar-refractivity contribution < 1.29 is 9.90 Å². The highest BCUT2D eigenvalue weighted by Crippen LogP contribution is 2.10. The number of amides is 1. The number of alkyl halides is 2. The van der Waals surface area contributed by atoms with E-state index in [-0.39, 0.29) is 12.6 Å². The van der Waals surface area contributed by atoms with E-state index in [1.54, 1.807) is 23.5 Å². The number of aliphatic hydroxyl groups is 1. The molecule has 0 aromatic carbocycles. The summed E-state index contributed by atoms with van der Waals surface area (Å²) >= 11 is 14.0. The summed E-state index contributed by atoms with van der Waals surface area (Å²) in [5, 5.41) is 12.4. The van der Waals surface area contributed by atoms with Gasteiger partial charge in [-0.2, -0.15) is 11.8 Å². The zero-order valence-corrected chi connectivity index (χ0v) is 10.8. The Morgan fingerprint density at radius 1 is 1.57 bits per heavy atom. The van der Waals surface area contributed by atoms with Crippen molar-refractivity contribution in [2.24, 2.45) is 0 Å². The summed E-state index contributed by atoms with van der Waals surface area (Å²) in [6, 6.07) is -0.278. The number of hydrogen-bond donors (Lipinski definition) is 2. The minimum Gasteiger partial charge on any atom is -0.394 e. The third-order valence-corrected chi connectivity index (χ3v) is 3.93. The van der Waals surface area contributed by atoms with Crippen molar-refractivity contribution in [2.75, 3.05) is 23.7 Å². The van der Waals surface area contributed by atoms with E-state index in [9.17, 15) is 4.79 Å². The van der Waals surface area contributed by atoms with Gasteiger partial charge in [0, 0.05) is 10.8 Å². The number of carbonyl (C=O) groups is 1. The largest absolute Gasteiger partial charge is 0.394 e. The molecule has 0 aliphatic rings. The molecular formula is C7H13Cl2NO2S2. The lowest BCUT2D eigenvalue weighted by atomic mass is 10.3. The molecule has 0 aromatic heterocycles. The number of aliphatic hydroxyl groups excluding tert-OH is 1. The van der Waals surface area contributed by atoms with Gasteiger partial charge in [-0.3, -0.25) is 4.79 Å². The summed E-state index contributed by atoms with van der Waals surface area (Å²) in [7, 11) is 0. The van der Waals surface area contributed by atoms with Crippen LogP contribution >= 0.6 is 46.7 Å². The highest BCUT2D eigenvalue weighted by atomic mass is 35.5. The summed E-state index contributed by atoms with van der Waals surface area (Å²) in [5.41, 5.74) is 0. The zero-order chi connectivity index (χ0) is 11.0. The lowest BCUT2D eigenvalue weighted by Crippen LogP contribution is -2.41. The molecule has 1 atom stereocenters. The van der Waals surface area contributed by atoms with Gasteiger partial charge >= 0.3 is 0 Å². The molecule has 0 saturated carbocycles. The van der Waals surface area contributed by atoms with Crippen LogP contribution in [0, 0.1) is 0 Å². The molecular weight excluding hydrogens is 265 g/mol. The molecule has 0 spiro atoms. The van der Waals surface area contributed by atoms with Gasteiger partial charge in [-0.25, -0.2) is 0 Å². The Kier molecular flexibility index (Phi) is 9.43. The van der Waals surface area contributed by atoms with Gasteiger partial charge < -0.3 is 10.4 Å². The predicted molar refractivity (Wildman–Crippen MR) is 65.4 cm³/mol. The van der Waals surface area contributed by atoms with Gasteiger partial charge in [0.1, 0.15) is 0 Å². The molecule has 3 nitrogen and oxygen atoms in total. The second kappa shape index (κ2) is 8.97. The van der Waals surface area contributed by atoms with Crippen molar-refractivity contribution in [1.82, 2.24) is 5.32 Å². The molecule has 0 aliphatic heterocycles. The zero-order valence-electron chi connectivity index (χ0n) is 7.70. The van der Waals surface area contributed by atoms with Crippen LogP contribution in [-0.2, 0) is 4.79 Å². The van der Waals surface area contributed by atoms with Crippen LogP contribution in [0.5, 0.6) is 0 Å². The van der Waals surface area contributed by atoms with E-state index in [0.717, 1.165) is 5.08 Å². The Morgan fingerprint density at radius 2 is 2.21 bits per heavy atom. The van der Waals surface area contributed by atoms with Crippen LogP contribution in [-0.4, -0.2) is 45.6 Å². The summed E-state index contributed by atoms with van der Waals surface area (Å²) in [6.45, 7) is -0.104. The van der Waals surface area contributed by atoms with E-state index in [0.29, 0.717) is 5.75 Å². The monoisotopic (exact) mass is 277 g/mol. The highest BCUT2D eigenvalue weighted by molar-refractivity contribution is 8.15. The number of hydrogen-bond acceptors (Lipinski definition) is 4. The Hall–Kier alpha value is 0.710. The van der Waals surface area contributed by atoms with Crippen LogP contribution in [0.15, 0.2) is 0 Å². The smallest absolute Gasteiger partial charge is 0.253 e. The van der Waals surface area contributed by atoms with Crippen LogP contribution in [0.1, 0.15) is 0 Å². The fraction of sp³-hybridized carbons (Fsp3) is 0.857. The SMILES string of the molecule is CSCSC[C@H](CO)NC(=O)C(Cl)Cl. The van der Waals surface area contributed by atoms with Gasteiger partial charge in [-0.05, 0) is 6.26 Å². The maximum Gasteiger partial charge on any atom is 0.253 e. The van der Waals surface area contributed by atoms with Crippen molar-refractivity contribution in [3.8, 4) is 0 Å². The Morgan fingerprint density at radius 3 is 2.64 bits per heavy atom. The molecule has 0 aromatic rings. The summed E-state index contributed by atoms with van der Waals surface area (Å²) in [5.74, 6) is 0.195. The van der Waals surface area contributed by atoms with E-state index in [4.69, 9.17) is 28.3 Å². The van der Waals surface area contributed by atoms with Crippen molar-refractivity contribution >= 4 is 52.6 Å². The van der Waals surface area contributed by atoms with Crippen molar-refractivity contribution in [3.63, 3.8) is 0 Å². The predicted octanol–water partition coefficient (Wildman–Crippen LogP) is 1.32. The van der Waals surface area contributed by atoms with Gasteiger partial charge in [-0.15, -0.1) is 11.8 Å². The molecule has 0 aliphatic carbocycles. The van der Waals surface area contributed by atoms with Crippen LogP contribution in [0.3, 0.4) is 0 Å². The lowest BCUT2D eigenvalue weighted by molar-refractivity contribution is -0.120. The van der Waals surface area contributed by atoms with E-state index in [1.807, 2.05) is 6.26 Å². The normalized spacial score (nSPS) is 12.9. The van der Waals surface area contributed by atoms with E-state index in [1.165, 1.54) is 0 Å². The number of nitrogens with one attached hydrogen (secondary N) is 1. The van der Waals surface area contributed by atoms with Gasteiger partial charge in [0.15, 0.2) is 4.84 Å². The van der Waals surface area contributed by atoms with Crippen LogP contribution in [0.25, 0.3) is 0 Å². The quantitative estimate of drug-likeness (QED) is 0.419. The molecule has 1 amide bonds. The molecule has 0 unspecified atom stereocenters. The van der Waals surface area contributed by atoms with Crippen LogP contribution < -0.4 is 5.32 Å². The maximum atomic E-state index is 11.0. The summed E-state index contributed by atoms with van der Waals surface area (Å²) < 4.78 is 0.